The SMILES string of the molecule is Cc1cccc(F)c1-n1nnnc1-c1ccc(N)c(Cl)c1. The Hall–Kier alpha value is -2.47. The van der Waals surface area contributed by atoms with Gasteiger partial charge in [0.15, 0.2) is 5.82 Å². The molecule has 106 valence electrons. The predicted molar refractivity (Wildman–Crippen MR) is 78.7 cm³/mol. The molecule has 7 heteroatoms. The molecule has 3 rings (SSSR count). The second-order valence-electron chi connectivity index (χ2n) is 4.56. The number of tetrazole rings is 1. The van der Waals surface area contributed by atoms with E-state index in [0.29, 0.717) is 27.8 Å². The molecule has 1 aromatic heterocycles. The lowest BCUT2D eigenvalue weighted by molar-refractivity contribution is 0.606. The third kappa shape index (κ3) is 2.34. The second kappa shape index (κ2) is 5.14. The van der Waals surface area contributed by atoms with Crippen molar-refractivity contribution in [2.75, 3.05) is 5.73 Å². The summed E-state index contributed by atoms with van der Waals surface area (Å²) in [7, 11) is 0. The fraction of sp³-hybridized carbons (Fsp3) is 0.0714. The highest BCUT2D eigenvalue weighted by molar-refractivity contribution is 6.33. The molecule has 2 aromatic carbocycles. The van der Waals surface area contributed by atoms with Crippen molar-refractivity contribution in [1.29, 1.82) is 0 Å². The first-order chi connectivity index (χ1) is 10.1. The van der Waals surface area contributed by atoms with E-state index in [4.69, 9.17) is 17.3 Å². The van der Waals surface area contributed by atoms with Crippen LogP contribution in [0.2, 0.25) is 5.02 Å². The monoisotopic (exact) mass is 303 g/mol. The Balaban J connectivity index is 2.20. The van der Waals surface area contributed by atoms with E-state index in [1.54, 1.807) is 37.3 Å². The van der Waals surface area contributed by atoms with Gasteiger partial charge in [0.2, 0.25) is 0 Å². The van der Waals surface area contributed by atoms with Crippen molar-refractivity contribution in [1.82, 2.24) is 20.2 Å². The Kier molecular flexibility index (Phi) is 3.31. The first-order valence-corrected chi connectivity index (χ1v) is 6.55. The van der Waals surface area contributed by atoms with Gasteiger partial charge in [0.1, 0.15) is 11.5 Å². The van der Waals surface area contributed by atoms with Gasteiger partial charge in [-0.15, -0.1) is 5.10 Å². The van der Waals surface area contributed by atoms with E-state index in [-0.39, 0.29) is 0 Å². The highest BCUT2D eigenvalue weighted by Crippen LogP contribution is 2.28. The molecule has 2 N–H and O–H groups in total. The molecule has 3 aromatic rings. The van der Waals surface area contributed by atoms with Crippen LogP contribution in [0.5, 0.6) is 0 Å². The maximum absolute atomic E-state index is 14.1. The largest absolute Gasteiger partial charge is 0.398 e. The molecular weight excluding hydrogens is 293 g/mol. The van der Waals surface area contributed by atoms with Crippen LogP contribution < -0.4 is 5.73 Å². The predicted octanol–water partition coefficient (Wildman–Crippen LogP) is 3.01. The van der Waals surface area contributed by atoms with E-state index in [1.165, 1.54) is 10.7 Å². The van der Waals surface area contributed by atoms with Crippen molar-refractivity contribution in [3.8, 4) is 17.1 Å². The lowest BCUT2D eigenvalue weighted by Gasteiger charge is -2.09. The number of hydrogen-bond donors (Lipinski definition) is 1. The number of halogens is 2. The summed E-state index contributed by atoms with van der Waals surface area (Å²) in [6.45, 7) is 1.79. The quantitative estimate of drug-likeness (QED) is 0.739. The van der Waals surface area contributed by atoms with Crippen LogP contribution in [-0.4, -0.2) is 20.2 Å². The van der Waals surface area contributed by atoms with E-state index in [2.05, 4.69) is 15.5 Å². The number of nitrogens with zero attached hydrogens (tertiary/aromatic N) is 4. The Morgan fingerprint density at radius 2 is 2.05 bits per heavy atom. The van der Waals surface area contributed by atoms with Crippen LogP contribution in [0, 0.1) is 12.7 Å². The molecule has 0 aliphatic carbocycles. The number of nitrogen functional groups attached to an aromatic ring is 1. The molecule has 0 unspecified atom stereocenters. The molecule has 0 saturated heterocycles. The van der Waals surface area contributed by atoms with Crippen LogP contribution in [0.15, 0.2) is 36.4 Å². The van der Waals surface area contributed by atoms with Crippen LogP contribution in [0.25, 0.3) is 17.1 Å². The molecule has 0 amide bonds. The lowest BCUT2D eigenvalue weighted by Crippen LogP contribution is -2.05. The smallest absolute Gasteiger partial charge is 0.187 e. The van der Waals surface area contributed by atoms with Crippen LogP contribution in [0.3, 0.4) is 0 Å². The van der Waals surface area contributed by atoms with Crippen LogP contribution in [-0.2, 0) is 0 Å². The molecular formula is C14H11ClFN5. The minimum absolute atomic E-state index is 0.311. The zero-order valence-corrected chi connectivity index (χ0v) is 11.8. The summed E-state index contributed by atoms with van der Waals surface area (Å²) in [5.41, 5.74) is 7.84. The fourth-order valence-electron chi connectivity index (χ4n) is 2.08. The van der Waals surface area contributed by atoms with Crippen molar-refractivity contribution in [3.05, 3.63) is 52.8 Å². The van der Waals surface area contributed by atoms with Gasteiger partial charge in [0.25, 0.3) is 0 Å². The molecule has 0 aliphatic heterocycles. The van der Waals surface area contributed by atoms with E-state index in [9.17, 15) is 4.39 Å². The minimum atomic E-state index is -0.398. The summed E-state index contributed by atoms with van der Waals surface area (Å²) in [4.78, 5) is 0. The van der Waals surface area contributed by atoms with Crippen LogP contribution in [0.4, 0.5) is 10.1 Å². The zero-order chi connectivity index (χ0) is 15.0. The van der Waals surface area contributed by atoms with Gasteiger partial charge in [-0.2, -0.15) is 4.68 Å². The lowest BCUT2D eigenvalue weighted by atomic mass is 10.1. The molecule has 0 fully saturated rings. The fourth-order valence-corrected chi connectivity index (χ4v) is 2.26. The Labute approximate surface area is 125 Å². The summed E-state index contributed by atoms with van der Waals surface area (Å²) >= 11 is 6.01. The molecule has 21 heavy (non-hydrogen) atoms. The van der Waals surface area contributed by atoms with Gasteiger partial charge in [0.05, 0.1) is 10.7 Å². The average Bonchev–Trinajstić information content (AvgIpc) is 2.91. The molecule has 0 saturated carbocycles. The number of nitrogens with two attached hydrogens (primary N) is 1. The van der Waals surface area contributed by atoms with E-state index in [1.807, 2.05) is 0 Å². The van der Waals surface area contributed by atoms with Gasteiger partial charge in [-0.3, -0.25) is 0 Å². The number of aromatic nitrogens is 4. The van der Waals surface area contributed by atoms with Crippen molar-refractivity contribution in [3.63, 3.8) is 0 Å². The van der Waals surface area contributed by atoms with Gasteiger partial charge in [0, 0.05) is 5.56 Å². The molecule has 0 spiro atoms. The normalized spacial score (nSPS) is 10.8. The highest BCUT2D eigenvalue weighted by atomic mass is 35.5. The maximum atomic E-state index is 14.1. The van der Waals surface area contributed by atoms with Gasteiger partial charge in [-0.1, -0.05) is 23.7 Å². The number of aryl methyl sites for hydroxylation is 1. The molecule has 0 radical (unpaired) electrons. The topological polar surface area (TPSA) is 69.6 Å². The van der Waals surface area contributed by atoms with Crippen molar-refractivity contribution < 1.29 is 4.39 Å². The van der Waals surface area contributed by atoms with Crippen molar-refractivity contribution >= 4 is 17.3 Å². The molecule has 0 atom stereocenters. The van der Waals surface area contributed by atoms with Crippen molar-refractivity contribution in [2.45, 2.75) is 6.92 Å². The molecule has 5 nitrogen and oxygen atoms in total. The van der Waals surface area contributed by atoms with Crippen LogP contribution in [0.1, 0.15) is 5.56 Å². The summed E-state index contributed by atoms with van der Waals surface area (Å²) in [6.07, 6.45) is 0. The van der Waals surface area contributed by atoms with E-state index in [0.717, 1.165) is 5.56 Å². The van der Waals surface area contributed by atoms with E-state index >= 15 is 0 Å². The van der Waals surface area contributed by atoms with Crippen LogP contribution >= 0.6 is 11.6 Å². The zero-order valence-electron chi connectivity index (χ0n) is 11.1. The number of para-hydroxylation sites is 1. The van der Waals surface area contributed by atoms with E-state index < -0.39 is 5.82 Å². The van der Waals surface area contributed by atoms with Gasteiger partial charge < -0.3 is 5.73 Å². The molecule has 1 heterocycles. The average molecular weight is 304 g/mol. The molecule has 0 bridgehead atoms. The third-order valence-electron chi connectivity index (χ3n) is 3.13. The highest BCUT2D eigenvalue weighted by Gasteiger charge is 2.16. The summed E-state index contributed by atoms with van der Waals surface area (Å²) in [5.74, 6) is -0.00445. The van der Waals surface area contributed by atoms with Gasteiger partial charge in [-0.25, -0.2) is 4.39 Å². The third-order valence-corrected chi connectivity index (χ3v) is 3.46. The molecule has 0 aliphatic rings. The maximum Gasteiger partial charge on any atom is 0.187 e. The number of hydrogen-bond acceptors (Lipinski definition) is 4. The number of benzene rings is 2. The van der Waals surface area contributed by atoms with Crippen molar-refractivity contribution in [2.24, 2.45) is 0 Å². The standard InChI is InChI=1S/C14H11ClFN5/c1-8-3-2-4-11(16)13(8)21-14(18-19-20-21)9-5-6-12(17)10(15)7-9/h2-7H,17H2,1H3. The summed E-state index contributed by atoms with van der Waals surface area (Å²) in [5, 5.41) is 11.9. The van der Waals surface area contributed by atoms with Gasteiger partial charge in [-0.05, 0) is 47.2 Å². The second-order valence-corrected chi connectivity index (χ2v) is 4.96. The first-order valence-electron chi connectivity index (χ1n) is 6.17. The number of rotatable bonds is 2. The summed E-state index contributed by atoms with van der Waals surface area (Å²) < 4.78 is 15.4. The Bertz CT molecular complexity index is 795. The Morgan fingerprint density at radius 1 is 1.24 bits per heavy atom. The Morgan fingerprint density at radius 3 is 2.76 bits per heavy atom. The van der Waals surface area contributed by atoms with Gasteiger partial charge >= 0.3 is 0 Å². The summed E-state index contributed by atoms with van der Waals surface area (Å²) in [6, 6.07) is 9.83. The number of anilines is 1. The first kappa shape index (κ1) is 13.5. The minimum Gasteiger partial charge on any atom is -0.398 e.